The van der Waals surface area contributed by atoms with E-state index in [0.717, 1.165) is 35.0 Å². The molecule has 0 unspecified atom stereocenters. The number of amides is 1. The van der Waals surface area contributed by atoms with Crippen molar-refractivity contribution in [2.75, 3.05) is 6.54 Å². The first-order chi connectivity index (χ1) is 12.0. The molecule has 0 radical (unpaired) electrons. The van der Waals surface area contributed by atoms with Crippen LogP contribution in [0.5, 0.6) is 0 Å². The van der Waals surface area contributed by atoms with Crippen molar-refractivity contribution in [1.29, 1.82) is 0 Å². The van der Waals surface area contributed by atoms with Gasteiger partial charge in [-0.2, -0.15) is 5.10 Å². The molecular formula is C18H19N5O2. The number of nitrogens with one attached hydrogen (secondary N) is 2. The smallest absolute Gasteiger partial charge is 0.328 e. The summed E-state index contributed by atoms with van der Waals surface area (Å²) in [4.78, 5) is 33.7. The van der Waals surface area contributed by atoms with Crippen LogP contribution in [0.15, 0.2) is 29.1 Å². The van der Waals surface area contributed by atoms with Crippen molar-refractivity contribution in [3.8, 4) is 0 Å². The number of nitrogens with zero attached hydrogens (tertiary/aromatic N) is 3. The number of likely N-dealkylation sites (tertiary alicyclic amines) is 1. The Bertz CT molecular complexity index is 1020. The van der Waals surface area contributed by atoms with Gasteiger partial charge in [0.15, 0.2) is 5.82 Å². The number of aryl methyl sites for hydroxylation is 2. The molecule has 1 saturated heterocycles. The fraction of sp³-hybridized carbons (Fsp3) is 0.333. The number of fused-ring (bicyclic) bond motifs is 1. The second-order valence-corrected chi connectivity index (χ2v) is 6.55. The third-order valence-corrected chi connectivity index (χ3v) is 4.67. The Hall–Kier alpha value is -2.96. The van der Waals surface area contributed by atoms with E-state index in [1.165, 1.54) is 0 Å². The lowest BCUT2D eigenvalue weighted by molar-refractivity contribution is 0.0732. The van der Waals surface area contributed by atoms with E-state index in [0.29, 0.717) is 17.9 Å². The highest BCUT2D eigenvalue weighted by molar-refractivity contribution is 6.06. The minimum Gasteiger partial charge on any atom is -0.328 e. The molecule has 1 aromatic carbocycles. The van der Waals surface area contributed by atoms with Crippen LogP contribution in [-0.4, -0.2) is 37.5 Å². The van der Waals surface area contributed by atoms with E-state index in [4.69, 9.17) is 0 Å². The lowest BCUT2D eigenvalue weighted by atomic mass is 10.0. The van der Waals surface area contributed by atoms with Crippen LogP contribution in [0.1, 0.15) is 46.3 Å². The zero-order chi connectivity index (χ0) is 17.6. The van der Waals surface area contributed by atoms with Crippen LogP contribution >= 0.6 is 0 Å². The molecule has 2 N–H and O–H groups in total. The summed E-state index contributed by atoms with van der Waals surface area (Å²) in [6.45, 7) is 4.54. The molecule has 4 rings (SSSR count). The van der Waals surface area contributed by atoms with Crippen LogP contribution in [0.3, 0.4) is 0 Å². The van der Waals surface area contributed by atoms with Gasteiger partial charge >= 0.3 is 5.69 Å². The average Bonchev–Trinajstić information content (AvgIpc) is 3.22. The molecule has 25 heavy (non-hydrogen) atoms. The summed E-state index contributed by atoms with van der Waals surface area (Å²) < 4.78 is 0. The molecule has 3 heterocycles. The molecule has 7 nitrogen and oxygen atoms in total. The normalized spacial score (nSPS) is 17.4. The fourth-order valence-corrected chi connectivity index (χ4v) is 3.54. The van der Waals surface area contributed by atoms with Gasteiger partial charge in [-0.3, -0.25) is 14.8 Å². The minimum atomic E-state index is -0.352. The molecule has 3 aromatic rings. The van der Waals surface area contributed by atoms with Gasteiger partial charge in [0.05, 0.1) is 17.1 Å². The maximum Gasteiger partial charge on any atom is 0.340 e. The van der Waals surface area contributed by atoms with Gasteiger partial charge in [0, 0.05) is 17.6 Å². The molecular weight excluding hydrogens is 318 g/mol. The number of aromatic amines is 2. The molecule has 0 aliphatic carbocycles. The second kappa shape index (κ2) is 5.84. The van der Waals surface area contributed by atoms with Crippen LogP contribution in [0.25, 0.3) is 10.9 Å². The number of hydrogen-bond donors (Lipinski definition) is 2. The number of carbonyl (C=O) groups is 1. The SMILES string of the molecule is Cc1ccc2nc(C)cc(C(=O)N3CCC[C@@H]3c3n[nH]c(=O)[nH]3)c2c1. The Balaban J connectivity index is 1.79. The Labute approximate surface area is 144 Å². The van der Waals surface area contributed by atoms with E-state index in [9.17, 15) is 9.59 Å². The summed E-state index contributed by atoms with van der Waals surface area (Å²) in [6.07, 6.45) is 1.67. The standard InChI is InChI=1S/C18H19N5O2/c1-10-5-6-14-12(8-10)13(9-11(2)19-14)17(24)23-7-3-4-15(23)16-20-18(25)22-21-16/h5-6,8-9,15H,3-4,7H2,1-2H3,(H2,20,21,22,25)/t15-/m1/s1. The summed E-state index contributed by atoms with van der Waals surface area (Å²) in [6, 6.07) is 7.57. The molecule has 1 atom stereocenters. The third kappa shape index (κ3) is 2.71. The molecule has 128 valence electrons. The number of pyridine rings is 1. The molecule has 1 amide bonds. The van der Waals surface area contributed by atoms with Gasteiger partial charge in [-0.1, -0.05) is 11.6 Å². The highest BCUT2D eigenvalue weighted by Gasteiger charge is 2.33. The number of benzene rings is 1. The predicted octanol–water partition coefficient (Wildman–Crippen LogP) is 2.24. The largest absolute Gasteiger partial charge is 0.340 e. The Morgan fingerprint density at radius 2 is 2.12 bits per heavy atom. The van der Waals surface area contributed by atoms with Crippen LogP contribution in [0, 0.1) is 13.8 Å². The van der Waals surface area contributed by atoms with Gasteiger partial charge in [-0.25, -0.2) is 9.89 Å². The minimum absolute atomic E-state index is 0.0487. The molecule has 0 saturated carbocycles. The topological polar surface area (TPSA) is 94.7 Å². The van der Waals surface area contributed by atoms with E-state index >= 15 is 0 Å². The Morgan fingerprint density at radius 3 is 2.88 bits per heavy atom. The van der Waals surface area contributed by atoms with Crippen molar-refractivity contribution in [1.82, 2.24) is 25.1 Å². The number of rotatable bonds is 2. The summed E-state index contributed by atoms with van der Waals surface area (Å²) in [7, 11) is 0. The van der Waals surface area contributed by atoms with Gasteiger partial charge in [-0.15, -0.1) is 0 Å². The first-order valence-electron chi connectivity index (χ1n) is 8.36. The molecule has 0 spiro atoms. The van der Waals surface area contributed by atoms with Crippen LogP contribution < -0.4 is 5.69 Å². The predicted molar refractivity (Wildman–Crippen MR) is 93.4 cm³/mol. The quantitative estimate of drug-likeness (QED) is 0.750. The van der Waals surface area contributed by atoms with Crippen molar-refractivity contribution in [2.24, 2.45) is 0 Å². The summed E-state index contributed by atoms with van der Waals surface area (Å²) in [5.41, 5.74) is 3.01. The van der Waals surface area contributed by atoms with Gasteiger partial charge in [-0.05, 0) is 44.9 Å². The Kier molecular flexibility index (Phi) is 3.63. The van der Waals surface area contributed by atoms with E-state index in [2.05, 4.69) is 20.2 Å². The molecule has 2 aromatic heterocycles. The Morgan fingerprint density at radius 1 is 1.28 bits per heavy atom. The first-order valence-corrected chi connectivity index (χ1v) is 8.36. The van der Waals surface area contributed by atoms with Gasteiger partial charge in [0.2, 0.25) is 0 Å². The summed E-state index contributed by atoms with van der Waals surface area (Å²) in [5, 5.41) is 7.26. The highest BCUT2D eigenvalue weighted by Crippen LogP contribution is 2.32. The lowest BCUT2D eigenvalue weighted by Crippen LogP contribution is -2.31. The van der Waals surface area contributed by atoms with E-state index in [-0.39, 0.29) is 17.6 Å². The molecule has 7 heteroatoms. The van der Waals surface area contributed by atoms with Gasteiger partial charge < -0.3 is 4.90 Å². The number of carbonyl (C=O) groups excluding carboxylic acids is 1. The van der Waals surface area contributed by atoms with Gasteiger partial charge in [0.1, 0.15) is 0 Å². The average molecular weight is 337 g/mol. The van der Waals surface area contributed by atoms with Crippen molar-refractivity contribution in [3.05, 3.63) is 57.4 Å². The summed E-state index contributed by atoms with van der Waals surface area (Å²) in [5.74, 6) is 0.467. The van der Waals surface area contributed by atoms with E-state index < -0.39 is 0 Å². The monoisotopic (exact) mass is 337 g/mol. The second-order valence-electron chi connectivity index (χ2n) is 6.55. The van der Waals surface area contributed by atoms with Crippen molar-refractivity contribution >= 4 is 16.8 Å². The highest BCUT2D eigenvalue weighted by atomic mass is 16.2. The maximum atomic E-state index is 13.3. The lowest BCUT2D eigenvalue weighted by Gasteiger charge is -2.23. The van der Waals surface area contributed by atoms with Crippen LogP contribution in [0.4, 0.5) is 0 Å². The number of hydrogen-bond acceptors (Lipinski definition) is 4. The molecule has 1 aliphatic heterocycles. The van der Waals surface area contributed by atoms with Crippen molar-refractivity contribution in [2.45, 2.75) is 32.7 Å². The third-order valence-electron chi connectivity index (χ3n) is 4.67. The first kappa shape index (κ1) is 15.6. The zero-order valence-electron chi connectivity index (χ0n) is 14.2. The zero-order valence-corrected chi connectivity index (χ0v) is 14.2. The molecule has 0 bridgehead atoms. The van der Waals surface area contributed by atoms with Crippen molar-refractivity contribution in [3.63, 3.8) is 0 Å². The van der Waals surface area contributed by atoms with Crippen LogP contribution in [-0.2, 0) is 0 Å². The maximum absolute atomic E-state index is 13.3. The molecule has 1 aliphatic rings. The van der Waals surface area contributed by atoms with Crippen LogP contribution in [0.2, 0.25) is 0 Å². The van der Waals surface area contributed by atoms with E-state index in [1.807, 2.05) is 38.1 Å². The fourth-order valence-electron chi connectivity index (χ4n) is 3.54. The molecule has 1 fully saturated rings. The van der Waals surface area contributed by atoms with Gasteiger partial charge in [0.25, 0.3) is 5.91 Å². The number of aromatic nitrogens is 4. The number of H-pyrrole nitrogens is 2. The summed E-state index contributed by atoms with van der Waals surface area (Å²) >= 11 is 0. The van der Waals surface area contributed by atoms with E-state index in [1.54, 1.807) is 4.90 Å². The van der Waals surface area contributed by atoms with Crippen molar-refractivity contribution < 1.29 is 4.79 Å².